The van der Waals surface area contributed by atoms with E-state index >= 15 is 0 Å². The zero-order chi connectivity index (χ0) is 16.5. The van der Waals surface area contributed by atoms with Crippen molar-refractivity contribution >= 4 is 16.0 Å². The molecule has 0 aliphatic rings. The predicted octanol–water partition coefficient (Wildman–Crippen LogP) is 0.685. The van der Waals surface area contributed by atoms with Crippen molar-refractivity contribution in [2.45, 2.75) is 38.8 Å². The quantitative estimate of drug-likeness (QED) is 0.798. The number of carbonyl (C=O) groups is 1. The van der Waals surface area contributed by atoms with Gasteiger partial charge in [-0.15, -0.1) is 0 Å². The molecule has 0 saturated carbocycles. The number of carboxylic acid groups (broad SMARTS) is 1. The van der Waals surface area contributed by atoms with Gasteiger partial charge in [0.25, 0.3) is 0 Å². The Labute approximate surface area is 127 Å². The Hall–Kier alpha value is -2.20. The van der Waals surface area contributed by atoms with Crippen LogP contribution in [0.4, 0.5) is 0 Å². The van der Waals surface area contributed by atoms with E-state index in [-0.39, 0.29) is 28.5 Å². The molecule has 2 rings (SSSR count). The summed E-state index contributed by atoms with van der Waals surface area (Å²) in [4.78, 5) is 12.3. The minimum absolute atomic E-state index is 0.0274. The van der Waals surface area contributed by atoms with Crippen LogP contribution in [0, 0.1) is 13.8 Å². The first-order chi connectivity index (χ1) is 10.3. The Kier molecular flexibility index (Phi) is 4.33. The molecule has 2 heterocycles. The van der Waals surface area contributed by atoms with Gasteiger partial charge in [0.05, 0.1) is 25.0 Å². The second kappa shape index (κ2) is 5.89. The molecule has 22 heavy (non-hydrogen) atoms. The highest BCUT2D eigenvalue weighted by Gasteiger charge is 2.30. The molecule has 0 radical (unpaired) electrons. The van der Waals surface area contributed by atoms with Crippen LogP contribution in [-0.4, -0.2) is 34.5 Å². The lowest BCUT2D eigenvalue weighted by atomic mass is 10.2. The van der Waals surface area contributed by atoms with Crippen LogP contribution in [-0.2, 0) is 23.1 Å². The van der Waals surface area contributed by atoms with Crippen LogP contribution in [0.2, 0.25) is 0 Å². The molecule has 0 amide bonds. The van der Waals surface area contributed by atoms with Gasteiger partial charge in [-0.2, -0.15) is 15.0 Å². The summed E-state index contributed by atoms with van der Waals surface area (Å²) in [6, 6.07) is 0. The predicted molar refractivity (Wildman–Crippen MR) is 74.9 cm³/mol. The number of furan rings is 1. The normalized spacial score (nSPS) is 11.8. The maximum Gasteiger partial charge on any atom is 0.340 e. The van der Waals surface area contributed by atoms with Crippen molar-refractivity contribution in [2.75, 3.05) is 0 Å². The standard InChI is InChI=1S/C12H16N4O5S/c1-4-16-13-5-9(15-16)6-14-22(19,20)11-8(3)21-7(2)10(11)12(17)18/h5,14H,4,6H2,1-3H3,(H,17,18). The number of carboxylic acids is 1. The number of aromatic carboxylic acids is 1. The van der Waals surface area contributed by atoms with E-state index in [4.69, 9.17) is 9.52 Å². The second-order valence-corrected chi connectivity index (χ2v) is 6.28. The van der Waals surface area contributed by atoms with Crippen LogP contribution >= 0.6 is 0 Å². The van der Waals surface area contributed by atoms with Gasteiger partial charge >= 0.3 is 5.97 Å². The molecule has 0 aromatic carbocycles. The lowest BCUT2D eigenvalue weighted by Gasteiger charge is -2.05. The molecule has 0 unspecified atom stereocenters. The van der Waals surface area contributed by atoms with Crippen molar-refractivity contribution in [1.29, 1.82) is 0 Å². The topological polar surface area (TPSA) is 127 Å². The minimum Gasteiger partial charge on any atom is -0.478 e. The molecule has 0 fully saturated rings. The highest BCUT2D eigenvalue weighted by Crippen LogP contribution is 2.26. The molecule has 2 N–H and O–H groups in total. The van der Waals surface area contributed by atoms with Crippen LogP contribution in [0.5, 0.6) is 0 Å². The van der Waals surface area contributed by atoms with Gasteiger partial charge in [0, 0.05) is 0 Å². The zero-order valence-electron chi connectivity index (χ0n) is 12.3. The van der Waals surface area contributed by atoms with Gasteiger partial charge in [-0.25, -0.2) is 17.9 Å². The van der Waals surface area contributed by atoms with Crippen molar-refractivity contribution in [3.8, 4) is 0 Å². The molecule has 0 saturated heterocycles. The molecule has 2 aromatic rings. The number of rotatable bonds is 6. The monoisotopic (exact) mass is 328 g/mol. The molecule has 0 aliphatic carbocycles. The Bertz CT molecular complexity index is 806. The van der Waals surface area contributed by atoms with Crippen molar-refractivity contribution in [3.05, 3.63) is 29.0 Å². The van der Waals surface area contributed by atoms with Crippen LogP contribution in [0.15, 0.2) is 15.5 Å². The van der Waals surface area contributed by atoms with E-state index in [2.05, 4.69) is 14.9 Å². The summed E-state index contributed by atoms with van der Waals surface area (Å²) in [7, 11) is -4.04. The number of hydrogen-bond acceptors (Lipinski definition) is 6. The van der Waals surface area contributed by atoms with Gasteiger partial charge in [-0.3, -0.25) is 0 Å². The van der Waals surface area contributed by atoms with Crippen LogP contribution < -0.4 is 4.72 Å². The first-order valence-electron chi connectivity index (χ1n) is 6.48. The fourth-order valence-electron chi connectivity index (χ4n) is 2.04. The van der Waals surface area contributed by atoms with E-state index < -0.39 is 16.0 Å². The van der Waals surface area contributed by atoms with Gasteiger partial charge in [-0.1, -0.05) is 0 Å². The Morgan fingerprint density at radius 1 is 1.41 bits per heavy atom. The number of nitrogens with zero attached hydrogens (tertiary/aromatic N) is 3. The summed E-state index contributed by atoms with van der Waals surface area (Å²) in [6.45, 7) is 5.13. The summed E-state index contributed by atoms with van der Waals surface area (Å²) in [5, 5.41) is 17.1. The number of sulfonamides is 1. The molecule has 0 bridgehead atoms. The number of hydrogen-bond donors (Lipinski definition) is 2. The fourth-order valence-corrected chi connectivity index (χ4v) is 3.44. The number of aryl methyl sites for hydroxylation is 3. The second-order valence-electron chi connectivity index (χ2n) is 4.57. The third-order valence-electron chi connectivity index (χ3n) is 3.00. The number of aromatic nitrogens is 3. The van der Waals surface area contributed by atoms with Crippen LogP contribution in [0.25, 0.3) is 0 Å². The maximum absolute atomic E-state index is 12.4. The van der Waals surface area contributed by atoms with Crippen LogP contribution in [0.3, 0.4) is 0 Å². The summed E-state index contributed by atoms with van der Waals surface area (Å²) < 4.78 is 32.1. The Morgan fingerprint density at radius 2 is 2.09 bits per heavy atom. The zero-order valence-corrected chi connectivity index (χ0v) is 13.1. The lowest BCUT2D eigenvalue weighted by molar-refractivity contribution is 0.0691. The van der Waals surface area contributed by atoms with Gasteiger partial charge in [-0.05, 0) is 20.8 Å². The molecule has 0 aliphatic heterocycles. The maximum atomic E-state index is 12.4. The average molecular weight is 328 g/mol. The van der Waals surface area contributed by atoms with E-state index in [1.165, 1.54) is 24.8 Å². The molecular weight excluding hydrogens is 312 g/mol. The van der Waals surface area contributed by atoms with Crippen molar-refractivity contribution in [1.82, 2.24) is 19.7 Å². The summed E-state index contributed by atoms with van der Waals surface area (Å²) >= 11 is 0. The van der Waals surface area contributed by atoms with Crippen molar-refractivity contribution < 1.29 is 22.7 Å². The van der Waals surface area contributed by atoms with E-state index in [1.54, 1.807) is 0 Å². The molecule has 120 valence electrons. The van der Waals surface area contributed by atoms with E-state index in [9.17, 15) is 13.2 Å². The first-order valence-corrected chi connectivity index (χ1v) is 7.96. The highest BCUT2D eigenvalue weighted by atomic mass is 32.2. The third kappa shape index (κ3) is 3.02. The van der Waals surface area contributed by atoms with Gasteiger partial charge in [0.1, 0.15) is 22.0 Å². The van der Waals surface area contributed by atoms with Crippen molar-refractivity contribution in [2.24, 2.45) is 0 Å². The molecular formula is C12H16N4O5S. The summed E-state index contributed by atoms with van der Waals surface area (Å²) in [6.07, 6.45) is 1.44. The SMILES string of the molecule is CCn1ncc(CNS(=O)(=O)c2c(C)oc(C)c2C(=O)O)n1. The minimum atomic E-state index is -4.04. The lowest BCUT2D eigenvalue weighted by Crippen LogP contribution is -2.25. The van der Waals surface area contributed by atoms with Gasteiger partial charge in [0.15, 0.2) is 0 Å². The van der Waals surface area contributed by atoms with Gasteiger partial charge in [0.2, 0.25) is 10.0 Å². The van der Waals surface area contributed by atoms with E-state index in [1.807, 2.05) is 6.92 Å². The molecule has 10 heteroatoms. The third-order valence-corrected chi connectivity index (χ3v) is 4.55. The molecule has 0 atom stereocenters. The molecule has 2 aromatic heterocycles. The Morgan fingerprint density at radius 3 is 2.64 bits per heavy atom. The van der Waals surface area contributed by atoms with E-state index in [0.29, 0.717) is 12.2 Å². The molecule has 0 spiro atoms. The molecule has 9 nitrogen and oxygen atoms in total. The fraction of sp³-hybridized carbons (Fsp3) is 0.417. The van der Waals surface area contributed by atoms with Crippen LogP contribution in [0.1, 0.15) is 34.5 Å². The average Bonchev–Trinajstić information content (AvgIpc) is 3.00. The van der Waals surface area contributed by atoms with Crippen molar-refractivity contribution in [3.63, 3.8) is 0 Å². The van der Waals surface area contributed by atoms with Gasteiger partial charge < -0.3 is 9.52 Å². The van der Waals surface area contributed by atoms with E-state index in [0.717, 1.165) is 0 Å². The Balaban J connectivity index is 2.29. The highest BCUT2D eigenvalue weighted by molar-refractivity contribution is 7.89. The largest absolute Gasteiger partial charge is 0.478 e. The smallest absolute Gasteiger partial charge is 0.340 e. The number of nitrogens with one attached hydrogen (secondary N) is 1. The first kappa shape index (κ1) is 16.2. The summed E-state index contributed by atoms with van der Waals surface area (Å²) in [5.74, 6) is -1.28. The summed E-state index contributed by atoms with van der Waals surface area (Å²) in [5.41, 5.74) is 0.0717.